The van der Waals surface area contributed by atoms with Crippen LogP contribution in [0.2, 0.25) is 0 Å². The van der Waals surface area contributed by atoms with Gasteiger partial charge in [-0.15, -0.1) is 0 Å². The number of nitrogens with one attached hydrogen (secondary N) is 1. The van der Waals surface area contributed by atoms with Crippen molar-refractivity contribution in [2.45, 2.75) is 90.1 Å². The van der Waals surface area contributed by atoms with E-state index in [0.29, 0.717) is 23.7 Å². The summed E-state index contributed by atoms with van der Waals surface area (Å²) in [6, 6.07) is 3.58. The second-order valence-corrected chi connectivity index (χ2v) is 10.9. The van der Waals surface area contributed by atoms with Crippen molar-refractivity contribution in [3.05, 3.63) is 17.7 Å². The highest BCUT2D eigenvalue weighted by atomic mass is 32.2. The van der Waals surface area contributed by atoms with Crippen LogP contribution >= 0.6 is 0 Å². The molecule has 1 atom stereocenters. The van der Waals surface area contributed by atoms with Crippen LogP contribution in [-0.2, 0) is 19.0 Å². The maximum Gasteiger partial charge on any atom is 0.407 e. The van der Waals surface area contributed by atoms with Crippen molar-refractivity contribution in [2.24, 2.45) is 0 Å². The summed E-state index contributed by atoms with van der Waals surface area (Å²) in [5.41, 5.74) is 0.738. The van der Waals surface area contributed by atoms with Gasteiger partial charge in [-0.1, -0.05) is 64.7 Å². The number of alkyl carbamates (subject to hydrolysis) is 1. The molecule has 0 aliphatic heterocycles. The van der Waals surface area contributed by atoms with E-state index in [4.69, 9.17) is 18.9 Å². The van der Waals surface area contributed by atoms with E-state index < -0.39 is 22.3 Å². The maximum atomic E-state index is 12.5. The smallest absolute Gasteiger partial charge is 0.407 e. The van der Waals surface area contributed by atoms with Crippen molar-refractivity contribution in [1.29, 1.82) is 0 Å². The van der Waals surface area contributed by atoms with Crippen LogP contribution in [0.25, 0.3) is 0 Å². The largest absolute Gasteiger partial charge is 0.493 e. The number of hydrogen-bond donors (Lipinski definition) is 1. The predicted molar refractivity (Wildman–Crippen MR) is 145 cm³/mol. The molecule has 1 amide bonds. The highest BCUT2D eigenvalue weighted by Gasteiger charge is 2.22. The summed E-state index contributed by atoms with van der Waals surface area (Å²) in [6.45, 7) is 2.38. The van der Waals surface area contributed by atoms with Crippen molar-refractivity contribution in [3.63, 3.8) is 0 Å². The number of carbonyl (C=O) groups excluding carboxylic acids is 1. The number of amides is 1. The Morgan fingerprint density at radius 3 is 1.84 bits per heavy atom. The summed E-state index contributed by atoms with van der Waals surface area (Å²) in [5, 5.41) is 2.63. The Morgan fingerprint density at radius 1 is 0.811 bits per heavy atom. The van der Waals surface area contributed by atoms with Gasteiger partial charge in [0.25, 0.3) is 10.1 Å². The summed E-state index contributed by atoms with van der Waals surface area (Å²) in [6.07, 6.45) is 11.8. The van der Waals surface area contributed by atoms with E-state index in [1.807, 2.05) is 0 Å². The fourth-order valence-electron chi connectivity index (χ4n) is 4.09. The average molecular weight is 546 g/mol. The number of hydrogen-bond acceptors (Lipinski definition) is 8. The first-order valence-electron chi connectivity index (χ1n) is 13.3. The van der Waals surface area contributed by atoms with E-state index in [-0.39, 0.29) is 18.7 Å². The summed E-state index contributed by atoms with van der Waals surface area (Å²) >= 11 is 0. The monoisotopic (exact) mass is 545 g/mol. The Morgan fingerprint density at radius 2 is 1.35 bits per heavy atom. The molecule has 0 aromatic heterocycles. The molecule has 1 rings (SSSR count). The van der Waals surface area contributed by atoms with Gasteiger partial charge in [0.05, 0.1) is 34.2 Å². The Labute approximate surface area is 223 Å². The van der Waals surface area contributed by atoms with Gasteiger partial charge in [0, 0.05) is 12.1 Å². The van der Waals surface area contributed by atoms with Gasteiger partial charge in [0.15, 0.2) is 11.5 Å². The molecule has 0 fully saturated rings. The van der Waals surface area contributed by atoms with Crippen LogP contribution in [0.4, 0.5) is 4.79 Å². The van der Waals surface area contributed by atoms with E-state index in [1.54, 1.807) is 26.4 Å². The SMILES string of the molecule is CCCCCCCCCCCCC(OC(=O)NCCCS(=O)(=O)OC)c1cc(OC)c(OC)c(OC)c1. The van der Waals surface area contributed by atoms with Gasteiger partial charge >= 0.3 is 6.09 Å². The van der Waals surface area contributed by atoms with Gasteiger partial charge in [-0.25, -0.2) is 4.79 Å². The minimum absolute atomic E-state index is 0.154. The van der Waals surface area contributed by atoms with Gasteiger partial charge < -0.3 is 24.3 Å². The average Bonchev–Trinajstić information content (AvgIpc) is 2.90. The van der Waals surface area contributed by atoms with E-state index in [9.17, 15) is 13.2 Å². The van der Waals surface area contributed by atoms with E-state index in [0.717, 1.165) is 31.9 Å². The van der Waals surface area contributed by atoms with Gasteiger partial charge in [-0.2, -0.15) is 8.42 Å². The number of rotatable bonds is 21. The molecule has 10 heteroatoms. The van der Waals surface area contributed by atoms with Crippen LogP contribution in [0.5, 0.6) is 17.2 Å². The van der Waals surface area contributed by atoms with Gasteiger partial charge in [0.1, 0.15) is 6.10 Å². The third-order valence-electron chi connectivity index (χ3n) is 6.22. The lowest BCUT2D eigenvalue weighted by molar-refractivity contribution is 0.0904. The zero-order valence-corrected chi connectivity index (χ0v) is 24.1. The number of ether oxygens (including phenoxy) is 4. The van der Waals surface area contributed by atoms with Crippen LogP contribution in [0, 0.1) is 0 Å². The molecule has 0 bridgehead atoms. The highest BCUT2D eigenvalue weighted by molar-refractivity contribution is 7.86. The van der Waals surface area contributed by atoms with Gasteiger partial charge in [-0.05, 0) is 31.4 Å². The predicted octanol–water partition coefficient (Wildman–Crippen LogP) is 6.16. The molecule has 0 aliphatic rings. The molecule has 1 unspecified atom stereocenters. The molecule has 0 spiro atoms. The minimum atomic E-state index is -3.57. The normalized spacial score (nSPS) is 12.1. The zero-order chi connectivity index (χ0) is 27.5. The van der Waals surface area contributed by atoms with Crippen LogP contribution in [-0.4, -0.2) is 55.2 Å². The molecular formula is C27H47NO8S. The molecule has 214 valence electrons. The maximum absolute atomic E-state index is 12.5. The lowest BCUT2D eigenvalue weighted by Gasteiger charge is -2.21. The topological polar surface area (TPSA) is 109 Å². The lowest BCUT2D eigenvalue weighted by atomic mass is 10.0. The van der Waals surface area contributed by atoms with Crippen molar-refractivity contribution in [2.75, 3.05) is 40.7 Å². The molecule has 0 saturated heterocycles. The second-order valence-electron chi connectivity index (χ2n) is 9.03. The fraction of sp³-hybridized carbons (Fsp3) is 0.741. The minimum Gasteiger partial charge on any atom is -0.493 e. The Bertz CT molecular complexity index is 850. The number of unbranched alkanes of at least 4 members (excludes halogenated alkanes) is 9. The summed E-state index contributed by atoms with van der Waals surface area (Å²) in [4.78, 5) is 12.5. The first kappa shape index (κ1) is 32.8. The standard InChI is InChI=1S/C27H47NO8S/c1-6-7-8-9-10-11-12-13-14-15-17-23(36-27(29)28-18-16-19-37(30,31)35-5)22-20-24(32-2)26(34-4)25(21-22)33-3/h20-21,23H,6-19H2,1-5H3,(H,28,29). The van der Waals surface area contributed by atoms with E-state index >= 15 is 0 Å². The highest BCUT2D eigenvalue weighted by Crippen LogP contribution is 2.41. The molecule has 1 aromatic carbocycles. The quantitative estimate of drug-likeness (QED) is 0.145. The third kappa shape index (κ3) is 13.2. The molecule has 9 nitrogen and oxygen atoms in total. The Balaban J connectivity index is 2.74. The van der Waals surface area contributed by atoms with E-state index in [1.165, 1.54) is 52.1 Å². The Hall–Kier alpha value is -2.20. The fourth-order valence-corrected chi connectivity index (χ4v) is 4.76. The molecule has 0 saturated carbocycles. The summed E-state index contributed by atoms with van der Waals surface area (Å²) in [7, 11) is 2.17. The van der Waals surface area contributed by atoms with Crippen molar-refractivity contribution in [1.82, 2.24) is 5.32 Å². The van der Waals surface area contributed by atoms with Crippen molar-refractivity contribution < 1.29 is 36.3 Å². The van der Waals surface area contributed by atoms with E-state index in [2.05, 4.69) is 16.4 Å². The first-order valence-corrected chi connectivity index (χ1v) is 14.9. The van der Waals surface area contributed by atoms with Gasteiger partial charge in [-0.3, -0.25) is 4.18 Å². The molecule has 0 aliphatic carbocycles. The van der Waals surface area contributed by atoms with Crippen molar-refractivity contribution >= 4 is 16.2 Å². The summed E-state index contributed by atoms with van der Waals surface area (Å²) in [5.74, 6) is 1.26. The molecular weight excluding hydrogens is 498 g/mol. The summed E-state index contributed by atoms with van der Waals surface area (Å²) < 4.78 is 49.5. The number of methoxy groups -OCH3 is 3. The Kier molecular flexibility index (Phi) is 16.8. The molecule has 0 radical (unpaired) electrons. The zero-order valence-electron chi connectivity index (χ0n) is 23.3. The number of benzene rings is 1. The molecule has 0 heterocycles. The van der Waals surface area contributed by atoms with Crippen LogP contribution in [0.1, 0.15) is 95.6 Å². The molecule has 37 heavy (non-hydrogen) atoms. The lowest BCUT2D eigenvalue weighted by Crippen LogP contribution is -2.28. The second kappa shape index (κ2) is 19.0. The first-order chi connectivity index (χ1) is 17.8. The molecule has 1 aromatic rings. The van der Waals surface area contributed by atoms with Crippen LogP contribution in [0.3, 0.4) is 0 Å². The van der Waals surface area contributed by atoms with Crippen LogP contribution < -0.4 is 19.5 Å². The number of carbonyl (C=O) groups is 1. The molecule has 1 N–H and O–H groups in total. The van der Waals surface area contributed by atoms with Gasteiger partial charge in [0.2, 0.25) is 5.75 Å². The van der Waals surface area contributed by atoms with Crippen LogP contribution in [0.15, 0.2) is 12.1 Å². The van der Waals surface area contributed by atoms with Crippen molar-refractivity contribution in [3.8, 4) is 17.2 Å². The third-order valence-corrected chi connectivity index (χ3v) is 7.52.